The molecule has 0 aliphatic heterocycles. The molecule has 12 heavy (non-hydrogen) atoms. The van der Waals surface area contributed by atoms with Crippen molar-refractivity contribution in [1.29, 1.82) is 0 Å². The Kier molecular flexibility index (Phi) is 1.49. The summed E-state index contributed by atoms with van der Waals surface area (Å²) in [5, 5.41) is 0. The number of H-pyrrole nitrogens is 1. The van der Waals surface area contributed by atoms with Crippen molar-refractivity contribution >= 4 is 0 Å². The summed E-state index contributed by atoms with van der Waals surface area (Å²) in [6, 6.07) is 0. The fourth-order valence-corrected chi connectivity index (χ4v) is 1.22. The third-order valence-electron chi connectivity index (χ3n) is 2.03. The SMILES string of the molecule is Cc1[nH]c(=O)nc(C2CC2)c1F. The number of aryl methyl sites for hydroxylation is 1. The number of hydrogen-bond donors (Lipinski definition) is 1. The maximum Gasteiger partial charge on any atom is 0.345 e. The zero-order valence-electron chi connectivity index (χ0n) is 6.72. The summed E-state index contributed by atoms with van der Waals surface area (Å²) in [7, 11) is 0. The molecule has 1 aromatic heterocycles. The summed E-state index contributed by atoms with van der Waals surface area (Å²) in [6.07, 6.45) is 1.90. The van der Waals surface area contributed by atoms with Gasteiger partial charge in [-0.3, -0.25) is 0 Å². The Hall–Kier alpha value is -1.19. The summed E-state index contributed by atoms with van der Waals surface area (Å²) in [4.78, 5) is 16.8. The topological polar surface area (TPSA) is 45.8 Å². The van der Waals surface area contributed by atoms with E-state index in [0.717, 1.165) is 12.8 Å². The first kappa shape index (κ1) is 7.46. The van der Waals surface area contributed by atoms with Crippen molar-refractivity contribution < 1.29 is 4.39 Å². The Morgan fingerprint density at radius 3 is 2.83 bits per heavy atom. The first-order valence-corrected chi connectivity index (χ1v) is 3.95. The van der Waals surface area contributed by atoms with Crippen LogP contribution in [-0.2, 0) is 0 Å². The van der Waals surface area contributed by atoms with Crippen LogP contribution in [-0.4, -0.2) is 9.97 Å². The number of hydrogen-bond acceptors (Lipinski definition) is 2. The molecule has 3 nitrogen and oxygen atoms in total. The number of rotatable bonds is 1. The zero-order valence-corrected chi connectivity index (χ0v) is 6.72. The van der Waals surface area contributed by atoms with Crippen molar-refractivity contribution in [3.05, 3.63) is 27.7 Å². The van der Waals surface area contributed by atoms with Crippen molar-refractivity contribution in [1.82, 2.24) is 9.97 Å². The molecule has 4 heteroatoms. The van der Waals surface area contributed by atoms with Crippen LogP contribution in [0.4, 0.5) is 4.39 Å². The molecule has 1 N–H and O–H groups in total. The number of nitrogens with zero attached hydrogens (tertiary/aromatic N) is 1. The summed E-state index contributed by atoms with van der Waals surface area (Å²) >= 11 is 0. The van der Waals surface area contributed by atoms with Crippen molar-refractivity contribution in [2.45, 2.75) is 25.7 Å². The predicted molar refractivity (Wildman–Crippen MR) is 41.5 cm³/mol. The average molecular weight is 168 g/mol. The minimum Gasteiger partial charge on any atom is -0.307 e. The number of aromatic nitrogens is 2. The van der Waals surface area contributed by atoms with Gasteiger partial charge in [0, 0.05) is 5.92 Å². The van der Waals surface area contributed by atoms with Gasteiger partial charge < -0.3 is 4.98 Å². The fourth-order valence-electron chi connectivity index (χ4n) is 1.22. The highest BCUT2D eigenvalue weighted by atomic mass is 19.1. The molecule has 1 aliphatic rings. The largest absolute Gasteiger partial charge is 0.345 e. The van der Waals surface area contributed by atoms with E-state index in [1.807, 2.05) is 0 Å². The maximum absolute atomic E-state index is 13.2. The van der Waals surface area contributed by atoms with Gasteiger partial charge in [-0.2, -0.15) is 4.98 Å². The first-order valence-electron chi connectivity index (χ1n) is 3.95. The number of halogens is 1. The van der Waals surface area contributed by atoms with Crippen molar-refractivity contribution in [3.63, 3.8) is 0 Å². The Balaban J connectivity index is 2.58. The van der Waals surface area contributed by atoms with Gasteiger partial charge in [0.1, 0.15) is 0 Å². The molecule has 0 saturated heterocycles. The standard InChI is InChI=1S/C8H9FN2O/c1-4-6(9)7(5-2-3-5)11-8(12)10-4/h5H,2-3H2,1H3,(H,10,11,12). The molecule has 1 fully saturated rings. The molecule has 0 spiro atoms. The van der Waals surface area contributed by atoms with Crippen LogP contribution >= 0.6 is 0 Å². The second kappa shape index (κ2) is 2.40. The number of nitrogens with one attached hydrogen (secondary N) is 1. The van der Waals surface area contributed by atoms with Gasteiger partial charge in [0.25, 0.3) is 0 Å². The Morgan fingerprint density at radius 2 is 2.25 bits per heavy atom. The van der Waals surface area contributed by atoms with Crippen molar-refractivity contribution in [2.24, 2.45) is 0 Å². The molecule has 1 saturated carbocycles. The molecule has 1 aliphatic carbocycles. The van der Waals surface area contributed by atoms with E-state index in [2.05, 4.69) is 9.97 Å². The van der Waals surface area contributed by atoms with Gasteiger partial charge in [-0.05, 0) is 19.8 Å². The lowest BCUT2D eigenvalue weighted by atomic mass is 10.2. The molecule has 0 amide bonds. The Bertz CT molecular complexity index is 368. The van der Waals surface area contributed by atoms with Gasteiger partial charge in [0.2, 0.25) is 0 Å². The van der Waals surface area contributed by atoms with Crippen LogP contribution in [0.5, 0.6) is 0 Å². The molecule has 0 atom stereocenters. The van der Waals surface area contributed by atoms with Gasteiger partial charge >= 0.3 is 5.69 Å². The van der Waals surface area contributed by atoms with Crippen LogP contribution in [0.15, 0.2) is 4.79 Å². The highest BCUT2D eigenvalue weighted by Gasteiger charge is 2.29. The van der Waals surface area contributed by atoms with E-state index >= 15 is 0 Å². The molecular formula is C8H9FN2O. The van der Waals surface area contributed by atoms with Crippen LogP contribution in [0, 0.1) is 12.7 Å². The molecule has 0 radical (unpaired) electrons. The van der Waals surface area contributed by atoms with Crippen LogP contribution < -0.4 is 5.69 Å². The van der Waals surface area contributed by atoms with E-state index in [0.29, 0.717) is 5.69 Å². The monoisotopic (exact) mass is 168 g/mol. The van der Waals surface area contributed by atoms with Crippen molar-refractivity contribution in [2.75, 3.05) is 0 Å². The molecule has 0 unspecified atom stereocenters. The normalized spacial score (nSPS) is 16.5. The molecule has 1 heterocycles. The van der Waals surface area contributed by atoms with Gasteiger partial charge in [-0.1, -0.05) is 0 Å². The first-order chi connectivity index (χ1) is 5.68. The highest BCUT2D eigenvalue weighted by Crippen LogP contribution is 2.39. The highest BCUT2D eigenvalue weighted by molar-refractivity contribution is 5.18. The van der Waals surface area contributed by atoms with E-state index in [9.17, 15) is 9.18 Å². The third-order valence-corrected chi connectivity index (χ3v) is 2.03. The quantitative estimate of drug-likeness (QED) is 0.682. The molecule has 0 aromatic carbocycles. The third kappa shape index (κ3) is 1.13. The zero-order chi connectivity index (χ0) is 8.72. The van der Waals surface area contributed by atoms with Crippen LogP contribution in [0.2, 0.25) is 0 Å². The molecule has 0 bridgehead atoms. The average Bonchev–Trinajstić information content (AvgIpc) is 2.79. The minimum absolute atomic E-state index is 0.186. The van der Waals surface area contributed by atoms with Gasteiger partial charge in [-0.25, -0.2) is 9.18 Å². The lowest BCUT2D eigenvalue weighted by Gasteiger charge is -2.00. The number of aromatic amines is 1. The molecule has 1 aromatic rings. The van der Waals surface area contributed by atoms with Gasteiger partial charge in [0.15, 0.2) is 5.82 Å². The Labute approximate surface area is 68.7 Å². The smallest absolute Gasteiger partial charge is 0.307 e. The van der Waals surface area contributed by atoms with E-state index in [-0.39, 0.29) is 17.4 Å². The summed E-state index contributed by atoms with van der Waals surface area (Å²) in [6.45, 7) is 1.55. The van der Waals surface area contributed by atoms with E-state index < -0.39 is 5.69 Å². The van der Waals surface area contributed by atoms with Crippen LogP contribution in [0.1, 0.15) is 30.1 Å². The minimum atomic E-state index is -0.448. The Morgan fingerprint density at radius 1 is 1.58 bits per heavy atom. The fraction of sp³-hybridized carbons (Fsp3) is 0.500. The van der Waals surface area contributed by atoms with Gasteiger partial charge in [-0.15, -0.1) is 0 Å². The molecule has 2 rings (SSSR count). The van der Waals surface area contributed by atoms with Crippen molar-refractivity contribution in [3.8, 4) is 0 Å². The lowest BCUT2D eigenvalue weighted by molar-refractivity contribution is 0.576. The second-order valence-electron chi connectivity index (χ2n) is 3.14. The predicted octanol–water partition coefficient (Wildman–Crippen LogP) is 1.09. The molecule has 64 valence electrons. The second-order valence-corrected chi connectivity index (χ2v) is 3.14. The summed E-state index contributed by atoms with van der Waals surface area (Å²) < 4.78 is 13.2. The van der Waals surface area contributed by atoms with Crippen LogP contribution in [0.3, 0.4) is 0 Å². The maximum atomic E-state index is 13.2. The van der Waals surface area contributed by atoms with E-state index in [4.69, 9.17) is 0 Å². The summed E-state index contributed by atoms with van der Waals surface area (Å²) in [5.41, 5.74) is 0.184. The lowest BCUT2D eigenvalue weighted by Crippen LogP contribution is -2.16. The van der Waals surface area contributed by atoms with Crippen LogP contribution in [0.25, 0.3) is 0 Å². The summed E-state index contributed by atoms with van der Waals surface area (Å²) in [5.74, 6) is -0.164. The van der Waals surface area contributed by atoms with E-state index in [1.165, 1.54) is 0 Å². The molecular weight excluding hydrogens is 159 g/mol. The van der Waals surface area contributed by atoms with Gasteiger partial charge in [0.05, 0.1) is 11.4 Å². The van der Waals surface area contributed by atoms with E-state index in [1.54, 1.807) is 6.92 Å².